The van der Waals surface area contributed by atoms with Gasteiger partial charge in [-0.15, -0.1) is 0 Å². The van der Waals surface area contributed by atoms with Crippen molar-refractivity contribution in [2.24, 2.45) is 10.3 Å². The third kappa shape index (κ3) is 4.78. The van der Waals surface area contributed by atoms with Crippen LogP contribution in [-0.4, -0.2) is 29.6 Å². The number of rotatable bonds is 4. The second kappa shape index (κ2) is 6.01. The van der Waals surface area contributed by atoms with E-state index in [9.17, 15) is 4.21 Å². The van der Waals surface area contributed by atoms with Crippen LogP contribution >= 0.6 is 0 Å². The molecular formula is C15H31NO2SSi. The molecule has 0 bridgehead atoms. The van der Waals surface area contributed by atoms with Crippen LogP contribution in [0.25, 0.3) is 0 Å². The van der Waals surface area contributed by atoms with E-state index in [1.807, 2.05) is 27.0 Å². The molecule has 0 aromatic carbocycles. The molecule has 0 aromatic rings. The van der Waals surface area contributed by atoms with Gasteiger partial charge in [0.1, 0.15) is 11.0 Å². The lowest BCUT2D eigenvalue weighted by atomic mass is 9.84. The van der Waals surface area contributed by atoms with Gasteiger partial charge in [0.2, 0.25) is 0 Å². The van der Waals surface area contributed by atoms with Gasteiger partial charge in [-0.05, 0) is 57.7 Å². The van der Waals surface area contributed by atoms with Gasteiger partial charge < -0.3 is 4.43 Å². The molecule has 1 rings (SSSR count). The fourth-order valence-electron chi connectivity index (χ4n) is 1.72. The standard InChI is InChI=1S/C15H31NO2SSi/c1-14(2,3)19(17)16-11-12-9-13(10-12)18-20(7,8)15(4,5)6/h11-13H,9-10H2,1-8H3/b16-11+. The Morgan fingerprint density at radius 2 is 1.65 bits per heavy atom. The average molecular weight is 318 g/mol. The zero-order valence-electron chi connectivity index (χ0n) is 14.3. The smallest absolute Gasteiger partial charge is 0.192 e. The minimum atomic E-state index is -1.65. The Morgan fingerprint density at radius 3 is 2.05 bits per heavy atom. The summed E-state index contributed by atoms with van der Waals surface area (Å²) in [5.41, 5.74) is 0. The zero-order chi connectivity index (χ0) is 15.8. The molecule has 0 amide bonds. The molecule has 0 heterocycles. The van der Waals surface area contributed by atoms with Gasteiger partial charge in [-0.2, -0.15) is 4.40 Å². The molecule has 0 saturated heterocycles. The minimum absolute atomic E-state index is 0.264. The highest BCUT2D eigenvalue weighted by Crippen LogP contribution is 2.41. The van der Waals surface area contributed by atoms with Gasteiger partial charge in [0, 0.05) is 12.3 Å². The van der Waals surface area contributed by atoms with Crippen LogP contribution < -0.4 is 0 Å². The summed E-state index contributed by atoms with van der Waals surface area (Å²) in [4.78, 5) is 0. The van der Waals surface area contributed by atoms with E-state index >= 15 is 0 Å². The predicted octanol–water partition coefficient (Wildman–Crippen LogP) is 4.32. The van der Waals surface area contributed by atoms with Crippen LogP contribution in [0.3, 0.4) is 0 Å². The van der Waals surface area contributed by atoms with E-state index in [1.54, 1.807) is 0 Å². The average Bonchev–Trinajstić information content (AvgIpc) is 2.17. The molecule has 5 heteroatoms. The summed E-state index contributed by atoms with van der Waals surface area (Å²) in [6.45, 7) is 17.2. The van der Waals surface area contributed by atoms with E-state index in [2.05, 4.69) is 38.3 Å². The van der Waals surface area contributed by atoms with Crippen molar-refractivity contribution in [2.75, 3.05) is 0 Å². The highest BCUT2D eigenvalue weighted by molar-refractivity contribution is 7.85. The van der Waals surface area contributed by atoms with Gasteiger partial charge in [0.25, 0.3) is 0 Å². The van der Waals surface area contributed by atoms with Crippen LogP contribution in [0.4, 0.5) is 0 Å². The van der Waals surface area contributed by atoms with Crippen molar-refractivity contribution in [3.8, 4) is 0 Å². The summed E-state index contributed by atoms with van der Waals surface area (Å²) < 4.78 is 22.1. The lowest BCUT2D eigenvalue weighted by Gasteiger charge is -2.44. The van der Waals surface area contributed by atoms with Crippen molar-refractivity contribution in [3.63, 3.8) is 0 Å². The van der Waals surface area contributed by atoms with Crippen molar-refractivity contribution < 1.29 is 8.63 Å². The SMILES string of the molecule is CC(C)(C)S(=O)/N=C/C1CC(O[Si](C)(C)C(C)(C)C)C1. The predicted molar refractivity (Wildman–Crippen MR) is 91.2 cm³/mol. The molecule has 1 atom stereocenters. The Labute approximate surface area is 128 Å². The van der Waals surface area contributed by atoms with Crippen LogP contribution in [0.1, 0.15) is 54.4 Å². The molecule has 20 heavy (non-hydrogen) atoms. The first kappa shape index (κ1) is 18.0. The summed E-state index contributed by atoms with van der Waals surface area (Å²) in [5, 5.41) is 0.264. The first-order valence-electron chi connectivity index (χ1n) is 7.47. The van der Waals surface area contributed by atoms with Crippen LogP contribution in [0.15, 0.2) is 4.40 Å². The maximum Gasteiger partial charge on any atom is 0.192 e. The summed E-state index contributed by atoms with van der Waals surface area (Å²) >= 11 is 0. The van der Waals surface area contributed by atoms with E-state index in [1.165, 1.54) is 0 Å². The first-order valence-corrected chi connectivity index (χ1v) is 11.5. The van der Waals surface area contributed by atoms with E-state index in [0.29, 0.717) is 12.0 Å². The highest BCUT2D eigenvalue weighted by Gasteiger charge is 2.42. The number of hydrogen-bond acceptors (Lipinski definition) is 2. The normalized spacial score (nSPS) is 26.6. The van der Waals surface area contributed by atoms with Gasteiger partial charge in [-0.3, -0.25) is 0 Å². The van der Waals surface area contributed by atoms with Crippen LogP contribution in [0.2, 0.25) is 18.1 Å². The Kier molecular flexibility index (Phi) is 5.42. The molecule has 0 N–H and O–H groups in total. The Hall–Kier alpha value is -0.00312. The highest BCUT2D eigenvalue weighted by atomic mass is 32.2. The molecule has 0 spiro atoms. The van der Waals surface area contributed by atoms with Crippen molar-refractivity contribution in [1.29, 1.82) is 0 Å². The van der Waals surface area contributed by atoms with Crippen LogP contribution in [-0.2, 0) is 15.4 Å². The molecule has 0 aromatic heterocycles. The molecule has 118 valence electrons. The molecule has 1 unspecified atom stereocenters. The molecule has 3 nitrogen and oxygen atoms in total. The lowest BCUT2D eigenvalue weighted by molar-refractivity contribution is 0.0816. The summed E-state index contributed by atoms with van der Waals surface area (Å²) in [7, 11) is -2.78. The van der Waals surface area contributed by atoms with Gasteiger partial charge in [0.15, 0.2) is 8.32 Å². The minimum Gasteiger partial charge on any atom is -0.414 e. The summed E-state index contributed by atoms with van der Waals surface area (Å²) in [6, 6.07) is 0. The van der Waals surface area contributed by atoms with Crippen molar-refractivity contribution in [2.45, 2.75) is 83.4 Å². The lowest BCUT2D eigenvalue weighted by Crippen LogP contribution is -2.47. The van der Waals surface area contributed by atoms with Crippen LogP contribution in [0, 0.1) is 5.92 Å². The summed E-state index contributed by atoms with van der Waals surface area (Å²) in [5.74, 6) is 0.441. The maximum absolute atomic E-state index is 11.8. The molecule has 0 radical (unpaired) electrons. The van der Waals surface area contributed by atoms with Crippen molar-refractivity contribution in [3.05, 3.63) is 0 Å². The maximum atomic E-state index is 11.8. The van der Waals surface area contributed by atoms with E-state index in [-0.39, 0.29) is 9.79 Å². The molecule has 1 saturated carbocycles. The third-order valence-electron chi connectivity index (χ3n) is 4.29. The molecule has 0 aliphatic heterocycles. The Morgan fingerprint density at radius 1 is 1.15 bits per heavy atom. The fourth-order valence-corrected chi connectivity index (χ4v) is 3.70. The van der Waals surface area contributed by atoms with Gasteiger partial charge in [-0.25, -0.2) is 4.21 Å². The molecular weight excluding hydrogens is 286 g/mol. The second-order valence-corrected chi connectivity index (χ2v) is 15.0. The van der Waals surface area contributed by atoms with Gasteiger partial charge >= 0.3 is 0 Å². The zero-order valence-corrected chi connectivity index (χ0v) is 16.1. The fraction of sp³-hybridized carbons (Fsp3) is 0.933. The largest absolute Gasteiger partial charge is 0.414 e. The Bertz CT molecular complexity index is 388. The molecule has 1 aliphatic rings. The van der Waals surface area contributed by atoms with E-state index in [0.717, 1.165) is 12.8 Å². The topological polar surface area (TPSA) is 38.7 Å². The van der Waals surface area contributed by atoms with E-state index < -0.39 is 19.3 Å². The monoisotopic (exact) mass is 317 g/mol. The first-order chi connectivity index (χ1) is 8.83. The molecule has 1 aliphatic carbocycles. The number of hydrogen-bond donors (Lipinski definition) is 0. The van der Waals surface area contributed by atoms with E-state index in [4.69, 9.17) is 4.43 Å². The van der Waals surface area contributed by atoms with Crippen molar-refractivity contribution >= 4 is 25.5 Å². The summed E-state index contributed by atoms with van der Waals surface area (Å²) in [6.07, 6.45) is 4.30. The van der Waals surface area contributed by atoms with Gasteiger partial charge in [0.05, 0.1) is 4.75 Å². The number of nitrogens with zero attached hydrogens (tertiary/aromatic N) is 1. The quantitative estimate of drug-likeness (QED) is 0.572. The second-order valence-electron chi connectivity index (χ2n) is 8.35. The third-order valence-corrected chi connectivity index (χ3v) is 10.2. The van der Waals surface area contributed by atoms with Crippen LogP contribution in [0.5, 0.6) is 0 Å². The molecule has 1 fully saturated rings. The Balaban J connectivity index is 2.41. The van der Waals surface area contributed by atoms with Crippen molar-refractivity contribution in [1.82, 2.24) is 0 Å². The van der Waals surface area contributed by atoms with Gasteiger partial charge in [-0.1, -0.05) is 20.8 Å².